The van der Waals surface area contributed by atoms with Gasteiger partial charge < -0.3 is 4.90 Å². The molecule has 3 rings (SSSR count). The van der Waals surface area contributed by atoms with Gasteiger partial charge in [-0.25, -0.2) is 4.39 Å². The molecule has 3 heteroatoms. The first-order chi connectivity index (χ1) is 10.7. The lowest BCUT2D eigenvalue weighted by Crippen LogP contribution is -2.40. The Morgan fingerprint density at radius 2 is 1.68 bits per heavy atom. The van der Waals surface area contributed by atoms with E-state index in [0.717, 1.165) is 12.8 Å². The molecule has 0 spiro atoms. The van der Waals surface area contributed by atoms with E-state index in [0.29, 0.717) is 18.5 Å². The summed E-state index contributed by atoms with van der Waals surface area (Å²) in [6, 6.07) is 15.1. The number of hydrogen-bond donors (Lipinski definition) is 0. The molecule has 0 heterocycles. The molecule has 114 valence electrons. The van der Waals surface area contributed by atoms with E-state index in [1.54, 1.807) is 12.1 Å². The highest BCUT2D eigenvalue weighted by atomic mass is 19.1. The lowest BCUT2D eigenvalue weighted by atomic mass is 10.1. The van der Waals surface area contributed by atoms with Gasteiger partial charge in [0.15, 0.2) is 0 Å². The molecule has 22 heavy (non-hydrogen) atoms. The number of rotatable bonds is 4. The predicted octanol–water partition coefficient (Wildman–Crippen LogP) is 3.73. The maximum atomic E-state index is 13.9. The van der Waals surface area contributed by atoms with Crippen LogP contribution in [0, 0.1) is 5.82 Å². The van der Waals surface area contributed by atoms with Crippen molar-refractivity contribution in [2.45, 2.75) is 38.8 Å². The first kappa shape index (κ1) is 14.8. The van der Waals surface area contributed by atoms with Gasteiger partial charge in [-0.1, -0.05) is 49.4 Å². The molecule has 1 aliphatic rings. The molecule has 2 aromatic rings. The molecule has 0 radical (unpaired) electrons. The van der Waals surface area contributed by atoms with Gasteiger partial charge in [-0.2, -0.15) is 0 Å². The Hall–Kier alpha value is -2.16. The number of carbonyl (C=O) groups is 1. The number of halogens is 1. The minimum atomic E-state index is -0.244. The van der Waals surface area contributed by atoms with Crippen LogP contribution >= 0.6 is 0 Å². The minimum Gasteiger partial charge on any atom is -0.335 e. The second-order valence-electron chi connectivity index (χ2n) is 5.80. The van der Waals surface area contributed by atoms with Gasteiger partial charge in [-0.05, 0) is 30.0 Å². The second-order valence-corrected chi connectivity index (χ2v) is 5.80. The van der Waals surface area contributed by atoms with Gasteiger partial charge >= 0.3 is 0 Å². The molecule has 0 unspecified atom stereocenters. The maximum absolute atomic E-state index is 13.9. The van der Waals surface area contributed by atoms with Crippen LogP contribution in [0.4, 0.5) is 4.39 Å². The van der Waals surface area contributed by atoms with Crippen molar-refractivity contribution in [1.82, 2.24) is 4.90 Å². The van der Waals surface area contributed by atoms with Crippen molar-refractivity contribution in [3.8, 4) is 0 Å². The van der Waals surface area contributed by atoms with Crippen molar-refractivity contribution in [3.05, 3.63) is 71.0 Å². The van der Waals surface area contributed by atoms with Crippen LogP contribution in [0.1, 0.15) is 30.0 Å². The van der Waals surface area contributed by atoms with E-state index >= 15 is 0 Å². The van der Waals surface area contributed by atoms with Crippen LogP contribution < -0.4 is 0 Å². The summed E-state index contributed by atoms with van der Waals surface area (Å²) in [7, 11) is 0. The summed E-state index contributed by atoms with van der Waals surface area (Å²) in [6.07, 6.45) is 2.16. The summed E-state index contributed by atoms with van der Waals surface area (Å²) in [5.74, 6) is -0.159. The number of fused-ring (bicyclic) bond motifs is 1. The van der Waals surface area contributed by atoms with Crippen molar-refractivity contribution in [2.75, 3.05) is 0 Å². The topological polar surface area (TPSA) is 20.3 Å². The Morgan fingerprint density at radius 1 is 1.09 bits per heavy atom. The smallest absolute Gasteiger partial charge is 0.222 e. The zero-order valence-electron chi connectivity index (χ0n) is 12.8. The van der Waals surface area contributed by atoms with Gasteiger partial charge in [0.1, 0.15) is 5.82 Å². The molecule has 0 aliphatic heterocycles. The fraction of sp³-hybridized carbons (Fsp3) is 0.316. The van der Waals surface area contributed by atoms with E-state index < -0.39 is 0 Å². The van der Waals surface area contributed by atoms with Gasteiger partial charge in [-0.15, -0.1) is 0 Å². The summed E-state index contributed by atoms with van der Waals surface area (Å²) in [6.45, 7) is 2.21. The third kappa shape index (κ3) is 2.89. The fourth-order valence-corrected chi connectivity index (χ4v) is 3.19. The van der Waals surface area contributed by atoms with Crippen molar-refractivity contribution in [1.29, 1.82) is 0 Å². The molecule has 0 bridgehead atoms. The third-order valence-electron chi connectivity index (χ3n) is 4.39. The molecule has 0 saturated heterocycles. The number of amides is 1. The number of hydrogen-bond acceptors (Lipinski definition) is 1. The zero-order chi connectivity index (χ0) is 15.5. The zero-order valence-corrected chi connectivity index (χ0v) is 12.8. The van der Waals surface area contributed by atoms with Crippen molar-refractivity contribution in [3.63, 3.8) is 0 Å². The molecule has 1 aliphatic carbocycles. The average molecular weight is 297 g/mol. The van der Waals surface area contributed by atoms with Crippen LogP contribution in [0.25, 0.3) is 0 Å². The van der Waals surface area contributed by atoms with Gasteiger partial charge in [0.2, 0.25) is 5.91 Å². The van der Waals surface area contributed by atoms with Crippen molar-refractivity contribution in [2.24, 2.45) is 0 Å². The molecule has 0 saturated carbocycles. The summed E-state index contributed by atoms with van der Waals surface area (Å²) in [5.41, 5.74) is 3.19. The van der Waals surface area contributed by atoms with E-state index in [9.17, 15) is 9.18 Å². The highest BCUT2D eigenvalue weighted by molar-refractivity contribution is 5.76. The Kier molecular flexibility index (Phi) is 4.23. The standard InChI is InChI=1S/C19H20FNO/c1-2-19(22)21(13-16-9-5-6-10-18(16)20)17-11-14-7-3-4-8-15(14)12-17/h3-10,17H,2,11-13H2,1H3. The van der Waals surface area contributed by atoms with Crippen LogP contribution in [0.2, 0.25) is 0 Å². The Labute approximate surface area is 130 Å². The monoisotopic (exact) mass is 297 g/mol. The maximum Gasteiger partial charge on any atom is 0.222 e. The number of nitrogens with zero attached hydrogens (tertiary/aromatic N) is 1. The summed E-state index contributed by atoms with van der Waals surface area (Å²) in [4.78, 5) is 14.2. The molecule has 0 N–H and O–H groups in total. The van der Waals surface area contributed by atoms with Gasteiger partial charge in [0.05, 0.1) is 0 Å². The highest BCUT2D eigenvalue weighted by Crippen LogP contribution is 2.27. The Morgan fingerprint density at radius 3 is 2.27 bits per heavy atom. The molecular weight excluding hydrogens is 277 g/mol. The highest BCUT2D eigenvalue weighted by Gasteiger charge is 2.29. The average Bonchev–Trinajstić information content (AvgIpc) is 2.97. The summed E-state index contributed by atoms with van der Waals surface area (Å²) >= 11 is 0. The van der Waals surface area contributed by atoms with E-state index in [2.05, 4.69) is 12.1 Å². The van der Waals surface area contributed by atoms with Gasteiger partial charge in [0, 0.05) is 24.6 Å². The van der Waals surface area contributed by atoms with E-state index in [4.69, 9.17) is 0 Å². The quantitative estimate of drug-likeness (QED) is 0.842. The summed E-state index contributed by atoms with van der Waals surface area (Å²) < 4.78 is 13.9. The second kappa shape index (κ2) is 6.30. The number of carbonyl (C=O) groups excluding carboxylic acids is 1. The predicted molar refractivity (Wildman–Crippen MR) is 84.9 cm³/mol. The molecule has 0 atom stereocenters. The molecule has 2 aromatic carbocycles. The first-order valence-electron chi connectivity index (χ1n) is 7.78. The van der Waals surface area contributed by atoms with Crippen LogP contribution in [0.5, 0.6) is 0 Å². The fourth-order valence-electron chi connectivity index (χ4n) is 3.19. The van der Waals surface area contributed by atoms with Crippen LogP contribution in [-0.2, 0) is 24.2 Å². The van der Waals surface area contributed by atoms with Crippen molar-refractivity contribution < 1.29 is 9.18 Å². The van der Waals surface area contributed by atoms with E-state index in [1.807, 2.05) is 30.0 Å². The third-order valence-corrected chi connectivity index (χ3v) is 4.39. The first-order valence-corrected chi connectivity index (χ1v) is 7.78. The number of benzene rings is 2. The van der Waals surface area contributed by atoms with Gasteiger partial charge in [-0.3, -0.25) is 4.79 Å². The Balaban J connectivity index is 1.83. The molecule has 2 nitrogen and oxygen atoms in total. The SMILES string of the molecule is CCC(=O)N(Cc1ccccc1F)C1Cc2ccccc2C1. The largest absolute Gasteiger partial charge is 0.335 e. The van der Waals surface area contributed by atoms with Crippen molar-refractivity contribution >= 4 is 5.91 Å². The minimum absolute atomic E-state index is 0.0843. The molecule has 0 fully saturated rings. The van der Waals surface area contributed by atoms with Crippen LogP contribution in [-0.4, -0.2) is 16.8 Å². The van der Waals surface area contributed by atoms with Crippen LogP contribution in [0.15, 0.2) is 48.5 Å². The van der Waals surface area contributed by atoms with E-state index in [1.165, 1.54) is 17.2 Å². The summed E-state index contributed by atoms with van der Waals surface area (Å²) in [5, 5.41) is 0. The Bertz CT molecular complexity index is 658. The van der Waals surface area contributed by atoms with E-state index in [-0.39, 0.29) is 17.8 Å². The van der Waals surface area contributed by atoms with Gasteiger partial charge in [0.25, 0.3) is 0 Å². The van der Waals surface area contributed by atoms with Crippen LogP contribution in [0.3, 0.4) is 0 Å². The lowest BCUT2D eigenvalue weighted by molar-refractivity contribution is -0.133. The molecular formula is C19H20FNO. The lowest BCUT2D eigenvalue weighted by Gasteiger charge is -2.29. The molecule has 1 amide bonds. The normalized spacial score (nSPS) is 13.9. The molecule has 0 aromatic heterocycles.